The molecule has 1 aromatic carbocycles. The first-order valence-electron chi connectivity index (χ1n) is 11.3. The largest absolute Gasteiger partial charge is 0.444 e. The molecule has 1 aliphatic rings. The molecule has 1 N–H and O–H groups in total. The Morgan fingerprint density at radius 3 is 2.42 bits per heavy atom. The Balaban J connectivity index is 1.64. The highest BCUT2D eigenvalue weighted by Crippen LogP contribution is 2.27. The predicted molar refractivity (Wildman–Crippen MR) is 131 cm³/mol. The molecule has 3 rings (SSSR count). The summed E-state index contributed by atoms with van der Waals surface area (Å²) in [6.45, 7) is 13.0. The van der Waals surface area contributed by atoms with Crippen LogP contribution in [0.2, 0.25) is 5.02 Å². The van der Waals surface area contributed by atoms with Gasteiger partial charge in [-0.1, -0.05) is 18.5 Å². The number of nitrogens with one attached hydrogen (secondary N) is 1. The second-order valence-corrected chi connectivity index (χ2v) is 9.76. The van der Waals surface area contributed by atoms with Gasteiger partial charge in [-0.05, 0) is 69.5 Å². The molecule has 2 heterocycles. The fourth-order valence-corrected chi connectivity index (χ4v) is 3.89. The number of pyridine rings is 1. The predicted octanol–water partition coefficient (Wildman–Crippen LogP) is 4.91. The van der Waals surface area contributed by atoms with Crippen LogP contribution >= 0.6 is 11.6 Å². The summed E-state index contributed by atoms with van der Waals surface area (Å²) in [5, 5.41) is 3.54. The minimum atomic E-state index is -0.499. The van der Waals surface area contributed by atoms with Crippen molar-refractivity contribution in [1.82, 2.24) is 14.8 Å². The van der Waals surface area contributed by atoms with Crippen molar-refractivity contribution in [3.05, 3.63) is 57.9 Å². The number of hydrogen-bond acceptors (Lipinski definition) is 5. The number of amides is 2. The van der Waals surface area contributed by atoms with Gasteiger partial charge in [-0.3, -0.25) is 14.7 Å². The average Bonchev–Trinajstić information content (AvgIpc) is 2.76. The van der Waals surface area contributed by atoms with E-state index in [2.05, 4.69) is 15.2 Å². The minimum absolute atomic E-state index is 0.215. The first kappa shape index (κ1) is 25.0. The van der Waals surface area contributed by atoms with Gasteiger partial charge < -0.3 is 15.0 Å². The molecule has 0 atom stereocenters. The maximum Gasteiger partial charge on any atom is 0.410 e. The van der Waals surface area contributed by atoms with Crippen LogP contribution in [-0.4, -0.2) is 58.6 Å². The van der Waals surface area contributed by atoms with Gasteiger partial charge in [0, 0.05) is 55.3 Å². The normalized spacial score (nSPS) is 14.8. The third-order valence-electron chi connectivity index (χ3n) is 5.60. The zero-order valence-corrected chi connectivity index (χ0v) is 20.8. The van der Waals surface area contributed by atoms with Gasteiger partial charge in [0.05, 0.1) is 5.56 Å². The van der Waals surface area contributed by atoms with Gasteiger partial charge in [0.25, 0.3) is 5.91 Å². The first-order chi connectivity index (χ1) is 15.6. The summed E-state index contributed by atoms with van der Waals surface area (Å²) in [6, 6.07) is 7.35. The Kier molecular flexibility index (Phi) is 7.97. The number of aromatic nitrogens is 1. The number of carbonyl (C=O) groups excluding carboxylic acids is 2. The third kappa shape index (κ3) is 6.92. The summed E-state index contributed by atoms with van der Waals surface area (Å²) in [7, 11) is 0. The third-order valence-corrected chi connectivity index (χ3v) is 5.81. The molecule has 1 aliphatic heterocycles. The van der Waals surface area contributed by atoms with E-state index < -0.39 is 5.60 Å². The van der Waals surface area contributed by atoms with Crippen LogP contribution in [0.4, 0.5) is 10.5 Å². The molecule has 2 aromatic rings. The summed E-state index contributed by atoms with van der Waals surface area (Å²) in [5.74, 6) is -0.215. The molecule has 1 saturated heterocycles. The molecule has 0 spiro atoms. The van der Waals surface area contributed by atoms with Crippen molar-refractivity contribution >= 4 is 29.3 Å². The molecule has 0 aliphatic carbocycles. The van der Waals surface area contributed by atoms with Gasteiger partial charge in [0.1, 0.15) is 5.60 Å². The van der Waals surface area contributed by atoms with Gasteiger partial charge in [-0.2, -0.15) is 0 Å². The zero-order chi connectivity index (χ0) is 24.2. The Bertz CT molecular complexity index is 994. The number of nitrogens with zero attached hydrogens (tertiary/aromatic N) is 3. The van der Waals surface area contributed by atoms with Gasteiger partial charge in [0.2, 0.25) is 0 Å². The fraction of sp³-hybridized carbons (Fsp3) is 0.480. The molecule has 0 saturated carbocycles. The second kappa shape index (κ2) is 10.5. The van der Waals surface area contributed by atoms with Gasteiger partial charge in [-0.15, -0.1) is 0 Å². The molecule has 1 fully saturated rings. The standard InChI is InChI=1S/C25H33ClN4O3/c1-6-21-8-7-18(15-27-21)23(31)28-22-14-20(26)13-19(17(22)2)16-29-9-11-30(12-10-29)24(32)33-25(3,4)5/h7-8,13-15H,6,9-12,16H2,1-5H3,(H,28,31). The Hall–Kier alpha value is -2.64. The molecule has 8 heteroatoms. The number of ether oxygens (including phenoxy) is 1. The Morgan fingerprint density at radius 1 is 1.15 bits per heavy atom. The molecule has 0 bridgehead atoms. The summed E-state index contributed by atoms with van der Waals surface area (Å²) < 4.78 is 5.47. The fourth-order valence-electron chi connectivity index (χ4n) is 3.65. The van der Waals surface area contributed by atoms with E-state index in [0.29, 0.717) is 35.9 Å². The van der Waals surface area contributed by atoms with Crippen molar-refractivity contribution in [1.29, 1.82) is 0 Å². The number of benzene rings is 1. The van der Waals surface area contributed by atoms with Crippen molar-refractivity contribution < 1.29 is 14.3 Å². The Labute approximate surface area is 201 Å². The van der Waals surface area contributed by atoms with E-state index in [1.54, 1.807) is 23.2 Å². The maximum atomic E-state index is 12.7. The van der Waals surface area contributed by atoms with E-state index >= 15 is 0 Å². The summed E-state index contributed by atoms with van der Waals surface area (Å²) >= 11 is 6.38. The highest BCUT2D eigenvalue weighted by Gasteiger charge is 2.26. The summed E-state index contributed by atoms with van der Waals surface area (Å²) in [6.07, 6.45) is 2.15. The molecule has 0 unspecified atom stereocenters. The van der Waals surface area contributed by atoms with E-state index in [0.717, 1.165) is 36.3 Å². The topological polar surface area (TPSA) is 74.8 Å². The smallest absolute Gasteiger partial charge is 0.410 e. The van der Waals surface area contributed by atoms with Gasteiger partial charge >= 0.3 is 6.09 Å². The van der Waals surface area contributed by atoms with E-state index in [1.165, 1.54) is 0 Å². The minimum Gasteiger partial charge on any atom is -0.444 e. The second-order valence-electron chi connectivity index (χ2n) is 9.33. The van der Waals surface area contributed by atoms with Crippen LogP contribution in [0.5, 0.6) is 0 Å². The number of halogens is 1. The molecule has 178 valence electrons. The number of anilines is 1. The highest BCUT2D eigenvalue weighted by atomic mass is 35.5. The molecular formula is C25H33ClN4O3. The van der Waals surface area contributed by atoms with Crippen LogP contribution in [0, 0.1) is 6.92 Å². The molecule has 7 nitrogen and oxygen atoms in total. The van der Waals surface area contributed by atoms with E-state index in [1.807, 2.05) is 46.8 Å². The molecular weight excluding hydrogens is 440 g/mol. The van der Waals surface area contributed by atoms with Gasteiger partial charge in [0.15, 0.2) is 0 Å². The zero-order valence-electron chi connectivity index (χ0n) is 20.1. The number of rotatable bonds is 5. The van der Waals surface area contributed by atoms with Crippen LogP contribution in [0.3, 0.4) is 0 Å². The molecule has 33 heavy (non-hydrogen) atoms. The van der Waals surface area contributed by atoms with E-state index in [4.69, 9.17) is 16.3 Å². The molecule has 0 radical (unpaired) electrons. The lowest BCUT2D eigenvalue weighted by Gasteiger charge is -2.35. The van der Waals surface area contributed by atoms with Crippen molar-refractivity contribution in [2.45, 2.75) is 53.2 Å². The summed E-state index contributed by atoms with van der Waals surface area (Å²) in [4.78, 5) is 33.3. The molecule has 1 aromatic heterocycles. The van der Waals surface area contributed by atoms with E-state index in [-0.39, 0.29) is 12.0 Å². The van der Waals surface area contributed by atoms with Crippen LogP contribution in [0.1, 0.15) is 54.9 Å². The lowest BCUT2D eigenvalue weighted by atomic mass is 10.1. The SMILES string of the molecule is CCc1ccc(C(=O)Nc2cc(Cl)cc(CN3CCN(C(=O)OC(C)(C)C)CC3)c2C)cn1. The van der Waals surface area contributed by atoms with Crippen molar-refractivity contribution in [2.75, 3.05) is 31.5 Å². The lowest BCUT2D eigenvalue weighted by molar-refractivity contribution is 0.0139. The first-order valence-corrected chi connectivity index (χ1v) is 11.7. The van der Waals surface area contributed by atoms with Crippen LogP contribution in [0.25, 0.3) is 0 Å². The Morgan fingerprint density at radius 2 is 1.85 bits per heavy atom. The quantitative estimate of drug-likeness (QED) is 0.669. The van der Waals surface area contributed by atoms with Crippen LogP contribution < -0.4 is 5.32 Å². The maximum absolute atomic E-state index is 12.7. The highest BCUT2D eigenvalue weighted by molar-refractivity contribution is 6.31. The lowest BCUT2D eigenvalue weighted by Crippen LogP contribution is -2.49. The van der Waals surface area contributed by atoms with Crippen molar-refractivity contribution in [3.63, 3.8) is 0 Å². The van der Waals surface area contributed by atoms with E-state index in [9.17, 15) is 9.59 Å². The average molecular weight is 473 g/mol. The van der Waals surface area contributed by atoms with Gasteiger partial charge in [-0.25, -0.2) is 4.79 Å². The number of hydrogen-bond donors (Lipinski definition) is 1. The summed E-state index contributed by atoms with van der Waals surface area (Å²) in [5.41, 5.74) is 3.66. The van der Waals surface area contributed by atoms with Crippen LogP contribution in [-0.2, 0) is 17.7 Å². The van der Waals surface area contributed by atoms with Crippen molar-refractivity contribution in [3.8, 4) is 0 Å². The monoisotopic (exact) mass is 472 g/mol. The number of piperazine rings is 1. The molecule has 2 amide bonds. The number of aryl methyl sites for hydroxylation is 1. The number of carbonyl (C=O) groups is 2. The van der Waals surface area contributed by atoms with Crippen LogP contribution in [0.15, 0.2) is 30.5 Å². The van der Waals surface area contributed by atoms with Crippen molar-refractivity contribution in [2.24, 2.45) is 0 Å².